The first-order valence-electron chi connectivity index (χ1n) is 4.02. The van der Waals surface area contributed by atoms with Crippen molar-refractivity contribution in [3.8, 4) is 0 Å². The van der Waals surface area contributed by atoms with Crippen molar-refractivity contribution in [2.75, 3.05) is 0 Å². The molecule has 0 spiro atoms. The molecular formula is C6H16O3Si4. The van der Waals surface area contributed by atoms with E-state index in [4.69, 9.17) is 12.3 Å². The highest BCUT2D eigenvalue weighted by molar-refractivity contribution is 6.61. The highest BCUT2D eigenvalue weighted by atomic mass is 28.4. The standard InChI is InChI=1S/C6H16O3Si4/c1-4-10-7-13(8-11-5-2)9-12-6-3/h4-6,13H,1-3,10-12H2. The maximum atomic E-state index is 5.48. The van der Waals surface area contributed by atoms with Gasteiger partial charge in [-0.15, -0.1) is 19.7 Å². The van der Waals surface area contributed by atoms with Crippen LogP contribution >= 0.6 is 0 Å². The number of hydrogen-bond donors (Lipinski definition) is 0. The summed E-state index contributed by atoms with van der Waals surface area (Å²) in [5, 5.41) is 0. The van der Waals surface area contributed by atoms with Gasteiger partial charge < -0.3 is 12.3 Å². The van der Waals surface area contributed by atoms with E-state index < -0.39 is 38.8 Å². The third-order valence-electron chi connectivity index (χ3n) is 1.05. The number of hydrogen-bond acceptors (Lipinski definition) is 3. The molecule has 0 aliphatic carbocycles. The molecule has 0 heterocycles. The Balaban J connectivity index is 3.64. The highest BCUT2D eigenvalue weighted by Gasteiger charge is 2.11. The molecule has 0 N–H and O–H groups in total. The fourth-order valence-corrected chi connectivity index (χ4v) is 7.86. The van der Waals surface area contributed by atoms with Gasteiger partial charge in [-0.2, -0.15) is 0 Å². The van der Waals surface area contributed by atoms with Crippen LogP contribution in [0.15, 0.2) is 36.8 Å². The van der Waals surface area contributed by atoms with Gasteiger partial charge in [0, 0.05) is 0 Å². The van der Waals surface area contributed by atoms with Gasteiger partial charge in [0.2, 0.25) is 0 Å². The zero-order valence-electron chi connectivity index (χ0n) is 7.78. The molecule has 0 aliphatic heterocycles. The summed E-state index contributed by atoms with van der Waals surface area (Å²) >= 11 is 0. The van der Waals surface area contributed by atoms with Crippen molar-refractivity contribution >= 4 is 38.8 Å². The first-order valence-corrected chi connectivity index (χ1v) is 9.62. The summed E-state index contributed by atoms with van der Waals surface area (Å²) in [5.74, 6) is 0. The maximum absolute atomic E-state index is 5.48. The largest absolute Gasteiger partial charge is 0.452 e. The zero-order valence-corrected chi connectivity index (χ0v) is 13.2. The lowest BCUT2D eigenvalue weighted by Gasteiger charge is -2.14. The van der Waals surface area contributed by atoms with Gasteiger partial charge in [-0.05, 0) is 0 Å². The first-order chi connectivity index (χ1) is 6.35. The summed E-state index contributed by atoms with van der Waals surface area (Å²) < 4.78 is 16.5. The normalized spacial score (nSPS) is 14.8. The summed E-state index contributed by atoms with van der Waals surface area (Å²) in [4.78, 5) is 0. The minimum atomic E-state index is -1.82. The van der Waals surface area contributed by atoms with Gasteiger partial charge >= 0.3 is 9.53 Å². The lowest BCUT2D eigenvalue weighted by Crippen LogP contribution is -2.30. The van der Waals surface area contributed by atoms with Crippen LogP contribution in [0.4, 0.5) is 0 Å². The average molecular weight is 249 g/mol. The van der Waals surface area contributed by atoms with E-state index in [1.165, 1.54) is 0 Å². The van der Waals surface area contributed by atoms with Gasteiger partial charge in [-0.1, -0.05) is 17.1 Å². The Hall–Kier alpha value is -0.0325. The van der Waals surface area contributed by atoms with E-state index in [9.17, 15) is 0 Å². The third kappa shape index (κ3) is 8.30. The molecule has 0 aromatic rings. The molecule has 0 rings (SSSR count). The minimum absolute atomic E-state index is 0.630. The molecule has 0 aliphatic rings. The molecule has 3 nitrogen and oxygen atoms in total. The summed E-state index contributed by atoms with van der Waals surface area (Å²) in [5.41, 5.74) is 5.49. The van der Waals surface area contributed by atoms with E-state index in [-0.39, 0.29) is 0 Å². The van der Waals surface area contributed by atoms with Crippen LogP contribution in [0.25, 0.3) is 0 Å². The molecule has 7 heteroatoms. The molecule has 74 valence electrons. The van der Waals surface area contributed by atoms with Crippen LogP contribution < -0.4 is 0 Å². The smallest absolute Gasteiger partial charge is 0.421 e. The van der Waals surface area contributed by atoms with Crippen LogP contribution in [0.2, 0.25) is 0 Å². The lowest BCUT2D eigenvalue weighted by molar-refractivity contribution is 0.336. The Kier molecular flexibility index (Phi) is 10.0. The van der Waals surface area contributed by atoms with Gasteiger partial charge in [0.1, 0.15) is 0 Å². The lowest BCUT2D eigenvalue weighted by atomic mass is 11.3. The Bertz CT molecular complexity index is 135. The van der Waals surface area contributed by atoms with Crippen LogP contribution in [0.1, 0.15) is 0 Å². The van der Waals surface area contributed by atoms with Gasteiger partial charge in [0.05, 0.1) is 0 Å². The Morgan fingerprint density at radius 3 is 1.31 bits per heavy atom. The van der Waals surface area contributed by atoms with Gasteiger partial charge in [0.25, 0.3) is 0 Å². The van der Waals surface area contributed by atoms with E-state index in [0.29, 0.717) is 0 Å². The van der Waals surface area contributed by atoms with E-state index >= 15 is 0 Å². The van der Waals surface area contributed by atoms with Crippen molar-refractivity contribution in [2.24, 2.45) is 0 Å². The van der Waals surface area contributed by atoms with Crippen molar-refractivity contribution in [1.82, 2.24) is 0 Å². The molecule has 0 aromatic heterocycles. The number of rotatable bonds is 9. The molecule has 0 saturated heterocycles. The Labute approximate surface area is 88.3 Å². The second-order valence-corrected chi connectivity index (χ2v) is 9.46. The summed E-state index contributed by atoms with van der Waals surface area (Å²) in [6.45, 7) is 10.9. The monoisotopic (exact) mass is 248 g/mol. The summed E-state index contributed by atoms with van der Waals surface area (Å²) in [6, 6.07) is 0. The average Bonchev–Trinajstić information content (AvgIpc) is 2.17. The van der Waals surface area contributed by atoms with E-state index in [1.807, 2.05) is 17.1 Å². The summed E-state index contributed by atoms with van der Waals surface area (Å²) in [7, 11) is -3.71. The van der Waals surface area contributed by atoms with Crippen LogP contribution in [0.5, 0.6) is 0 Å². The van der Waals surface area contributed by atoms with Gasteiger partial charge in [0.15, 0.2) is 29.3 Å². The van der Waals surface area contributed by atoms with Gasteiger partial charge in [-0.25, -0.2) is 0 Å². The Morgan fingerprint density at radius 2 is 1.08 bits per heavy atom. The molecule has 13 heavy (non-hydrogen) atoms. The SMILES string of the molecule is C=C[SiH2]O[SiH](O[SiH2]C=C)O[SiH2]C=C. The van der Waals surface area contributed by atoms with Crippen LogP contribution in [-0.4, -0.2) is 38.8 Å². The van der Waals surface area contributed by atoms with Gasteiger partial charge in [-0.3, -0.25) is 0 Å². The molecule has 0 atom stereocenters. The second-order valence-electron chi connectivity index (χ2n) is 2.15. The highest BCUT2D eigenvalue weighted by Crippen LogP contribution is 1.89. The predicted molar refractivity (Wildman–Crippen MR) is 66.6 cm³/mol. The molecule has 0 amide bonds. The Morgan fingerprint density at radius 1 is 0.769 bits per heavy atom. The molecular weight excluding hydrogens is 232 g/mol. The van der Waals surface area contributed by atoms with Crippen molar-refractivity contribution in [2.45, 2.75) is 0 Å². The maximum Gasteiger partial charge on any atom is 0.452 e. The molecule has 0 radical (unpaired) electrons. The molecule has 0 aromatic carbocycles. The van der Waals surface area contributed by atoms with Crippen molar-refractivity contribution in [3.63, 3.8) is 0 Å². The van der Waals surface area contributed by atoms with E-state index in [2.05, 4.69) is 19.7 Å². The van der Waals surface area contributed by atoms with Crippen LogP contribution in [0, 0.1) is 0 Å². The minimum Gasteiger partial charge on any atom is -0.421 e. The van der Waals surface area contributed by atoms with Crippen molar-refractivity contribution in [3.05, 3.63) is 36.8 Å². The quantitative estimate of drug-likeness (QED) is 0.462. The second kappa shape index (κ2) is 10.1. The predicted octanol–water partition coefficient (Wildman–Crippen LogP) is -1.56. The fraction of sp³-hybridized carbons (Fsp3) is 0. The fourth-order valence-electron chi connectivity index (χ4n) is 0.584. The van der Waals surface area contributed by atoms with Crippen molar-refractivity contribution < 1.29 is 12.3 Å². The summed E-state index contributed by atoms with van der Waals surface area (Å²) in [6.07, 6.45) is 0. The van der Waals surface area contributed by atoms with Crippen LogP contribution in [-0.2, 0) is 12.3 Å². The molecule has 0 fully saturated rings. The van der Waals surface area contributed by atoms with E-state index in [1.54, 1.807) is 0 Å². The van der Waals surface area contributed by atoms with Crippen LogP contribution in [0.3, 0.4) is 0 Å². The third-order valence-corrected chi connectivity index (χ3v) is 7.33. The molecule has 0 bridgehead atoms. The van der Waals surface area contributed by atoms with Crippen molar-refractivity contribution in [1.29, 1.82) is 0 Å². The molecule has 0 unspecified atom stereocenters. The zero-order chi connectivity index (χ0) is 9.94. The molecule has 0 saturated carbocycles. The first kappa shape index (κ1) is 13.0. The topological polar surface area (TPSA) is 27.7 Å². The van der Waals surface area contributed by atoms with E-state index in [0.717, 1.165) is 0 Å².